The van der Waals surface area contributed by atoms with Crippen LogP contribution in [0.4, 0.5) is 11.4 Å². The van der Waals surface area contributed by atoms with E-state index in [4.69, 9.17) is 4.74 Å². The Hall–Kier alpha value is -3.02. The normalized spacial score (nSPS) is 14.0. The number of para-hydroxylation sites is 3. The first kappa shape index (κ1) is 19.7. The summed E-state index contributed by atoms with van der Waals surface area (Å²) in [5.74, 6) is 0.679. The number of nitrogens with zero attached hydrogens (tertiary/aromatic N) is 3. The molecule has 0 spiro atoms. The van der Waals surface area contributed by atoms with E-state index in [1.807, 2.05) is 60.4 Å². The minimum atomic E-state index is -0.129. The zero-order valence-electron chi connectivity index (χ0n) is 16.7. The van der Waals surface area contributed by atoms with Crippen LogP contribution in [0.25, 0.3) is 0 Å². The summed E-state index contributed by atoms with van der Waals surface area (Å²) in [5.41, 5.74) is 2.81. The van der Waals surface area contributed by atoms with Crippen LogP contribution < -0.4 is 14.5 Å². The Balaban J connectivity index is 1.64. The molecule has 0 bridgehead atoms. The number of carbonyl (C=O) groups is 2. The summed E-state index contributed by atoms with van der Waals surface area (Å²) in [5, 5.41) is 0. The number of aryl methyl sites for hydroxylation is 1. The van der Waals surface area contributed by atoms with Gasteiger partial charge in [0.1, 0.15) is 12.3 Å². The van der Waals surface area contributed by atoms with Gasteiger partial charge < -0.3 is 19.4 Å². The summed E-state index contributed by atoms with van der Waals surface area (Å²) < 4.78 is 5.45. The average molecular weight is 381 g/mol. The van der Waals surface area contributed by atoms with Crippen LogP contribution in [0.1, 0.15) is 12.5 Å². The van der Waals surface area contributed by atoms with Crippen LogP contribution in [-0.4, -0.2) is 56.5 Å². The number of carbonyl (C=O) groups excluding carboxylic acids is 2. The number of amides is 2. The Morgan fingerprint density at radius 2 is 1.64 bits per heavy atom. The minimum Gasteiger partial charge on any atom is -0.495 e. The fraction of sp³-hybridized carbons (Fsp3) is 0.364. The summed E-state index contributed by atoms with van der Waals surface area (Å²) in [7, 11) is 1.67. The lowest BCUT2D eigenvalue weighted by Crippen LogP contribution is -2.52. The third-order valence-electron chi connectivity index (χ3n) is 5.14. The molecule has 28 heavy (non-hydrogen) atoms. The Morgan fingerprint density at radius 1 is 1.00 bits per heavy atom. The van der Waals surface area contributed by atoms with Gasteiger partial charge >= 0.3 is 0 Å². The van der Waals surface area contributed by atoms with Crippen LogP contribution in [0.3, 0.4) is 0 Å². The number of methoxy groups -OCH3 is 1. The van der Waals surface area contributed by atoms with E-state index < -0.39 is 0 Å². The zero-order valence-corrected chi connectivity index (χ0v) is 16.7. The quantitative estimate of drug-likeness (QED) is 0.799. The molecular formula is C22H27N3O3. The monoisotopic (exact) mass is 381 g/mol. The van der Waals surface area contributed by atoms with Crippen molar-refractivity contribution < 1.29 is 14.3 Å². The van der Waals surface area contributed by atoms with Gasteiger partial charge in [0.05, 0.1) is 12.8 Å². The van der Waals surface area contributed by atoms with Crippen LogP contribution in [0.5, 0.6) is 5.75 Å². The van der Waals surface area contributed by atoms with Crippen molar-refractivity contribution in [3.63, 3.8) is 0 Å². The zero-order chi connectivity index (χ0) is 20.1. The maximum Gasteiger partial charge on any atom is 0.242 e. The number of rotatable bonds is 5. The molecule has 1 heterocycles. The van der Waals surface area contributed by atoms with Crippen molar-refractivity contribution in [2.75, 3.05) is 49.6 Å². The lowest BCUT2D eigenvalue weighted by atomic mass is 10.1. The summed E-state index contributed by atoms with van der Waals surface area (Å²) in [6, 6.07) is 15.5. The molecule has 0 N–H and O–H groups in total. The minimum absolute atomic E-state index is 0.0295. The van der Waals surface area contributed by atoms with Crippen molar-refractivity contribution in [3.05, 3.63) is 54.1 Å². The molecule has 0 aliphatic carbocycles. The van der Waals surface area contributed by atoms with Gasteiger partial charge in [0, 0.05) is 38.8 Å². The number of hydrogen-bond donors (Lipinski definition) is 0. The first-order valence-electron chi connectivity index (χ1n) is 9.50. The number of piperazine rings is 1. The molecule has 1 aliphatic heterocycles. The van der Waals surface area contributed by atoms with Crippen molar-refractivity contribution in [3.8, 4) is 5.75 Å². The number of anilines is 2. The van der Waals surface area contributed by atoms with E-state index in [0.29, 0.717) is 13.1 Å². The number of hydrogen-bond acceptors (Lipinski definition) is 4. The fourth-order valence-corrected chi connectivity index (χ4v) is 3.56. The molecule has 0 atom stereocenters. The largest absolute Gasteiger partial charge is 0.495 e. The highest BCUT2D eigenvalue weighted by atomic mass is 16.5. The van der Waals surface area contributed by atoms with Gasteiger partial charge in [-0.05, 0) is 30.7 Å². The summed E-state index contributed by atoms with van der Waals surface area (Å²) in [6.07, 6.45) is 0. The van der Waals surface area contributed by atoms with Crippen molar-refractivity contribution in [1.29, 1.82) is 0 Å². The molecule has 6 nitrogen and oxygen atoms in total. The first-order chi connectivity index (χ1) is 13.5. The second-order valence-corrected chi connectivity index (χ2v) is 6.93. The summed E-state index contributed by atoms with van der Waals surface area (Å²) >= 11 is 0. The molecule has 2 amide bonds. The topological polar surface area (TPSA) is 53.1 Å². The third-order valence-corrected chi connectivity index (χ3v) is 5.14. The first-order valence-corrected chi connectivity index (χ1v) is 9.50. The van der Waals surface area contributed by atoms with Crippen molar-refractivity contribution in [1.82, 2.24) is 4.90 Å². The van der Waals surface area contributed by atoms with Crippen LogP contribution in [0, 0.1) is 6.92 Å². The Morgan fingerprint density at radius 3 is 2.29 bits per heavy atom. The van der Waals surface area contributed by atoms with Crippen LogP contribution in [0.2, 0.25) is 0 Å². The van der Waals surface area contributed by atoms with Gasteiger partial charge in [-0.3, -0.25) is 9.59 Å². The Bertz CT molecular complexity index is 844. The van der Waals surface area contributed by atoms with Gasteiger partial charge in [0.25, 0.3) is 0 Å². The van der Waals surface area contributed by atoms with Gasteiger partial charge in [-0.15, -0.1) is 0 Å². The van der Waals surface area contributed by atoms with Crippen molar-refractivity contribution in [2.45, 2.75) is 13.8 Å². The van der Waals surface area contributed by atoms with E-state index in [0.717, 1.165) is 35.8 Å². The van der Waals surface area contributed by atoms with Gasteiger partial charge in [-0.25, -0.2) is 0 Å². The molecule has 0 radical (unpaired) electrons. The van der Waals surface area contributed by atoms with E-state index in [-0.39, 0.29) is 18.4 Å². The maximum atomic E-state index is 12.9. The van der Waals surface area contributed by atoms with E-state index in [2.05, 4.69) is 4.90 Å². The van der Waals surface area contributed by atoms with Crippen LogP contribution >= 0.6 is 0 Å². The third kappa shape index (κ3) is 4.27. The maximum absolute atomic E-state index is 12.9. The molecule has 6 heteroatoms. The van der Waals surface area contributed by atoms with Crippen LogP contribution in [-0.2, 0) is 9.59 Å². The second kappa shape index (κ2) is 8.78. The van der Waals surface area contributed by atoms with E-state index >= 15 is 0 Å². The molecule has 1 aliphatic rings. The smallest absolute Gasteiger partial charge is 0.242 e. The Kier molecular flexibility index (Phi) is 6.19. The van der Waals surface area contributed by atoms with Gasteiger partial charge in [0.2, 0.25) is 11.8 Å². The molecule has 3 rings (SSSR count). The predicted octanol–water partition coefficient (Wildman–Crippen LogP) is 2.71. The fourth-order valence-electron chi connectivity index (χ4n) is 3.56. The lowest BCUT2D eigenvalue weighted by molar-refractivity contribution is -0.131. The molecule has 148 valence electrons. The van der Waals surface area contributed by atoms with Crippen LogP contribution in [0.15, 0.2) is 48.5 Å². The van der Waals surface area contributed by atoms with Crippen molar-refractivity contribution >= 4 is 23.2 Å². The molecule has 0 aromatic heterocycles. The lowest BCUT2D eigenvalue weighted by Gasteiger charge is -2.37. The highest BCUT2D eigenvalue weighted by Crippen LogP contribution is 2.28. The number of ether oxygens (including phenoxy) is 1. The van der Waals surface area contributed by atoms with E-state index in [1.165, 1.54) is 6.92 Å². The molecular weight excluding hydrogens is 354 g/mol. The SMILES string of the molecule is COc1ccccc1N1CCN(C(=O)CN(C(C)=O)c2ccccc2C)CC1. The Labute approximate surface area is 166 Å². The average Bonchev–Trinajstić information content (AvgIpc) is 2.72. The molecule has 1 saturated heterocycles. The standard InChI is InChI=1S/C22H27N3O3/c1-17-8-4-5-9-19(17)25(18(2)26)16-22(27)24-14-12-23(13-15-24)20-10-6-7-11-21(20)28-3/h4-11H,12-16H2,1-3H3. The van der Waals surface area contributed by atoms with Gasteiger partial charge in [-0.2, -0.15) is 0 Å². The molecule has 2 aromatic rings. The van der Waals surface area contributed by atoms with E-state index in [9.17, 15) is 9.59 Å². The molecule has 2 aromatic carbocycles. The molecule has 0 saturated carbocycles. The summed E-state index contributed by atoms with van der Waals surface area (Å²) in [4.78, 5) is 30.6. The molecule has 0 unspecified atom stereocenters. The van der Waals surface area contributed by atoms with Crippen molar-refractivity contribution in [2.24, 2.45) is 0 Å². The highest BCUT2D eigenvalue weighted by molar-refractivity contribution is 5.98. The summed E-state index contributed by atoms with van der Waals surface area (Å²) in [6.45, 7) is 6.22. The van der Waals surface area contributed by atoms with E-state index in [1.54, 1.807) is 12.0 Å². The second-order valence-electron chi connectivity index (χ2n) is 6.93. The van der Waals surface area contributed by atoms with Gasteiger partial charge in [0.15, 0.2) is 0 Å². The molecule has 1 fully saturated rings. The predicted molar refractivity (Wildman–Crippen MR) is 111 cm³/mol. The van der Waals surface area contributed by atoms with Gasteiger partial charge in [-0.1, -0.05) is 30.3 Å². The highest BCUT2D eigenvalue weighted by Gasteiger charge is 2.25. The number of benzene rings is 2.